The first-order chi connectivity index (χ1) is 39.7. The number of nitrogens with zero attached hydrogens (tertiary/aromatic N) is 2. The maximum atomic E-state index is 2.44. The molecule has 0 aliphatic heterocycles. The number of hydrogen-bond donors (Lipinski definition) is 0. The molecule has 0 unspecified atom stereocenters. The first-order valence-electron chi connectivity index (χ1n) is 27.5. The summed E-state index contributed by atoms with van der Waals surface area (Å²) in [4.78, 5) is 4.80. The highest BCUT2D eigenvalue weighted by Gasteiger charge is 2.24. The van der Waals surface area contributed by atoms with E-state index in [-0.39, 0.29) is 0 Å². The number of fused-ring (bicyclic) bond motifs is 5. The third-order valence-electron chi connectivity index (χ3n) is 15.6. The topological polar surface area (TPSA) is 6.48 Å². The second-order valence-corrected chi connectivity index (χ2v) is 20.4. The average molecular weight is 1020 g/mol. The molecule has 80 heavy (non-hydrogen) atoms. The van der Waals surface area contributed by atoms with Gasteiger partial charge in [-0.05, 0) is 160 Å². The number of rotatable bonds is 12. The molecule has 0 saturated heterocycles. The normalized spacial score (nSPS) is 11.7. The van der Waals surface area contributed by atoms with Crippen LogP contribution in [0, 0.1) is 0 Å². The van der Waals surface area contributed by atoms with Gasteiger partial charge in [0.05, 0.1) is 11.4 Å². The Kier molecular flexibility index (Phi) is 12.6. The van der Waals surface area contributed by atoms with E-state index in [9.17, 15) is 0 Å². The molecule has 0 aliphatic rings. The van der Waals surface area contributed by atoms with Crippen LogP contribution in [0.15, 0.2) is 303 Å². The maximum Gasteiger partial charge on any atom is 0.0540 e. The van der Waals surface area contributed by atoms with Crippen LogP contribution >= 0.6 is 0 Å². The molecule has 2 nitrogen and oxygen atoms in total. The van der Waals surface area contributed by atoms with Gasteiger partial charge in [0.25, 0.3) is 0 Å². The molecule has 0 radical (unpaired) electrons. The van der Waals surface area contributed by atoms with E-state index in [2.05, 4.69) is 337 Å². The van der Waals surface area contributed by atoms with E-state index in [4.69, 9.17) is 0 Å². The van der Waals surface area contributed by atoms with Crippen molar-refractivity contribution in [2.24, 2.45) is 0 Å². The molecule has 14 aromatic rings. The van der Waals surface area contributed by atoms with Crippen LogP contribution in [0.4, 0.5) is 34.1 Å². The summed E-state index contributed by atoms with van der Waals surface area (Å²) < 4.78 is 0. The molecule has 0 fully saturated rings. The Balaban J connectivity index is 0.941. The van der Waals surface area contributed by atoms with E-state index in [0.717, 1.165) is 45.3 Å². The van der Waals surface area contributed by atoms with Gasteiger partial charge in [0.15, 0.2) is 0 Å². The van der Waals surface area contributed by atoms with Crippen molar-refractivity contribution in [2.75, 3.05) is 9.80 Å². The van der Waals surface area contributed by atoms with Gasteiger partial charge in [-0.3, -0.25) is 0 Å². The monoisotopic (exact) mass is 1020 g/mol. The molecular weight excluding hydrogens is 965 g/mol. The largest absolute Gasteiger partial charge is 0.310 e. The van der Waals surface area contributed by atoms with Crippen LogP contribution in [0.2, 0.25) is 0 Å². The van der Waals surface area contributed by atoms with E-state index in [1.54, 1.807) is 0 Å². The van der Waals surface area contributed by atoms with Gasteiger partial charge >= 0.3 is 0 Å². The Morgan fingerprint density at radius 2 is 0.487 bits per heavy atom. The lowest BCUT2D eigenvalue weighted by Gasteiger charge is -2.28. The third kappa shape index (κ3) is 9.05. The molecule has 0 bridgehead atoms. The predicted octanol–water partition coefficient (Wildman–Crippen LogP) is 22.1. The van der Waals surface area contributed by atoms with Crippen LogP contribution in [-0.4, -0.2) is 0 Å². The number of anilines is 6. The van der Waals surface area contributed by atoms with Crippen molar-refractivity contribution < 1.29 is 0 Å². The molecule has 0 saturated carbocycles. The number of para-hydroxylation sites is 2. The zero-order valence-electron chi connectivity index (χ0n) is 44.1. The second-order valence-electron chi connectivity index (χ2n) is 20.4. The molecule has 0 amide bonds. The van der Waals surface area contributed by atoms with Gasteiger partial charge in [-0.2, -0.15) is 0 Å². The summed E-state index contributed by atoms with van der Waals surface area (Å²) in [5.74, 6) is 0. The summed E-state index contributed by atoms with van der Waals surface area (Å²) in [6.45, 7) is 0. The smallest absolute Gasteiger partial charge is 0.0540 e. The number of benzene rings is 14. The Bertz CT molecular complexity index is 4310. The summed E-state index contributed by atoms with van der Waals surface area (Å²) in [5, 5.41) is 12.0. The van der Waals surface area contributed by atoms with Gasteiger partial charge in [-0.25, -0.2) is 0 Å². The lowest BCUT2D eigenvalue weighted by Crippen LogP contribution is -2.10. The molecule has 0 aliphatic carbocycles. The summed E-state index contributed by atoms with van der Waals surface area (Å²) in [6, 6.07) is 110. The summed E-state index contributed by atoms with van der Waals surface area (Å²) in [5.41, 5.74) is 16.1. The zero-order valence-corrected chi connectivity index (χ0v) is 44.1. The molecule has 14 aromatic carbocycles. The maximum absolute atomic E-state index is 2.44. The molecule has 0 heterocycles. The summed E-state index contributed by atoms with van der Waals surface area (Å²) in [6.07, 6.45) is 8.71. The van der Waals surface area contributed by atoms with Gasteiger partial charge in [-0.15, -0.1) is 0 Å². The minimum atomic E-state index is 1.09. The van der Waals surface area contributed by atoms with Crippen molar-refractivity contribution in [2.45, 2.75) is 0 Å². The van der Waals surface area contributed by atoms with Gasteiger partial charge in [0.1, 0.15) is 0 Å². The highest BCUT2D eigenvalue weighted by molar-refractivity contribution is 6.26. The molecule has 0 aromatic heterocycles. The van der Waals surface area contributed by atoms with E-state index < -0.39 is 0 Å². The van der Waals surface area contributed by atoms with Gasteiger partial charge in [0.2, 0.25) is 0 Å². The van der Waals surface area contributed by atoms with Crippen LogP contribution in [-0.2, 0) is 0 Å². The minimum Gasteiger partial charge on any atom is -0.310 e. The minimum absolute atomic E-state index is 1.09. The van der Waals surface area contributed by atoms with Crippen molar-refractivity contribution >= 4 is 112 Å². The standard InChI is InChI=1S/C78H54N2/c1-5-21-55(22-6-1)37-39-57-41-45-63(46-42-57)79(61-27-9-3-10-28-61)75-51-49-71(67-33-17-19-35-69(67)75)77-65-31-15-13-25-59(65)54-74-73(77)53-60-26-14-16-32-66(60)78(74)72-50-52-76(70-36-20-18-34-68(70)72)80(62-29-11-4-12-30-62)64-47-43-58(44-48-64)40-38-56-23-7-2-8-24-56/h1-54H/b39-37+,40-38+. The van der Waals surface area contributed by atoms with Crippen LogP contribution in [0.1, 0.15) is 22.3 Å². The molecule has 0 spiro atoms. The fraction of sp³-hybridized carbons (Fsp3) is 0. The zero-order chi connectivity index (χ0) is 53.2. The first kappa shape index (κ1) is 47.9. The number of hydrogen-bond acceptors (Lipinski definition) is 2. The Morgan fingerprint density at radius 3 is 0.863 bits per heavy atom. The molecule has 0 N–H and O–H groups in total. The Morgan fingerprint density at radius 1 is 0.200 bits per heavy atom. The molecule has 14 rings (SSSR count). The van der Waals surface area contributed by atoms with Crippen LogP contribution in [0.3, 0.4) is 0 Å². The van der Waals surface area contributed by atoms with E-state index in [1.807, 2.05) is 0 Å². The van der Waals surface area contributed by atoms with E-state index in [0.29, 0.717) is 0 Å². The molecule has 2 heteroatoms. The predicted molar refractivity (Wildman–Crippen MR) is 345 cm³/mol. The fourth-order valence-electron chi connectivity index (χ4n) is 11.8. The van der Waals surface area contributed by atoms with Crippen molar-refractivity contribution in [3.8, 4) is 22.3 Å². The van der Waals surface area contributed by atoms with Gasteiger partial charge in [-0.1, -0.05) is 255 Å². The second kappa shape index (κ2) is 21.1. The van der Waals surface area contributed by atoms with E-state index >= 15 is 0 Å². The van der Waals surface area contributed by atoms with E-state index in [1.165, 1.54) is 87.2 Å². The lowest BCUT2D eigenvalue weighted by molar-refractivity contribution is 1.30. The van der Waals surface area contributed by atoms with Crippen molar-refractivity contribution in [3.05, 3.63) is 326 Å². The third-order valence-corrected chi connectivity index (χ3v) is 15.6. The van der Waals surface area contributed by atoms with Crippen LogP contribution in [0.25, 0.3) is 100 Å². The summed E-state index contributed by atoms with van der Waals surface area (Å²) >= 11 is 0. The Labute approximate surface area is 467 Å². The molecule has 0 atom stereocenters. The van der Waals surface area contributed by atoms with Gasteiger partial charge < -0.3 is 9.80 Å². The van der Waals surface area contributed by atoms with Crippen LogP contribution in [0.5, 0.6) is 0 Å². The van der Waals surface area contributed by atoms with Crippen molar-refractivity contribution in [3.63, 3.8) is 0 Å². The Hall–Kier alpha value is -10.5. The average Bonchev–Trinajstić information content (AvgIpc) is 3.70. The first-order valence-corrected chi connectivity index (χ1v) is 27.5. The fourth-order valence-corrected chi connectivity index (χ4v) is 11.8. The van der Waals surface area contributed by atoms with Gasteiger partial charge in [0, 0.05) is 33.5 Å². The lowest BCUT2D eigenvalue weighted by atomic mass is 9.83. The molecular formula is C78H54N2. The highest BCUT2D eigenvalue weighted by Crippen LogP contribution is 2.50. The van der Waals surface area contributed by atoms with Crippen molar-refractivity contribution in [1.82, 2.24) is 0 Å². The SMILES string of the molecule is C(=C\c1ccc(N(c2ccccc2)c2ccc(-c3c4ccccc4cc4c(-c5ccc(N(c6ccccc6)c6ccc(/C=C/c7ccccc7)cc6)c6ccccc56)c5ccccc5cc34)c3ccccc23)cc1)/c1ccccc1. The quantitative estimate of drug-likeness (QED) is 0.0889. The molecule has 376 valence electrons. The highest BCUT2D eigenvalue weighted by atomic mass is 15.1. The van der Waals surface area contributed by atoms with Crippen molar-refractivity contribution in [1.29, 1.82) is 0 Å². The summed E-state index contributed by atoms with van der Waals surface area (Å²) in [7, 11) is 0. The van der Waals surface area contributed by atoms with Crippen LogP contribution < -0.4 is 9.80 Å².